The molecule has 4 rings (SSSR count). The molecule has 2 heterocycles. The van der Waals surface area contributed by atoms with Crippen molar-refractivity contribution in [2.45, 2.75) is 13.8 Å². The van der Waals surface area contributed by atoms with E-state index in [2.05, 4.69) is 57.7 Å². The van der Waals surface area contributed by atoms with Crippen LogP contribution in [0, 0.1) is 13.8 Å². The zero-order valence-electron chi connectivity index (χ0n) is 15.0. The number of anilines is 4. The van der Waals surface area contributed by atoms with E-state index in [0.29, 0.717) is 5.95 Å². The monoisotopic (exact) mass is 344 g/mol. The van der Waals surface area contributed by atoms with Gasteiger partial charge in [-0.25, -0.2) is 4.98 Å². The molecule has 0 bridgehead atoms. The summed E-state index contributed by atoms with van der Waals surface area (Å²) in [5.41, 5.74) is 5.22. The molecular weight excluding hydrogens is 324 g/mol. The standard InChI is InChI=1S/C20H20N6/c1-13-4-6-15(7-5-13)23-20-21-11-10-19(24-20)22-16-8-9-17-14(2)26(3)25-18(17)12-16/h4-12H,1-3H3,(H2,21,22,23,24). The van der Waals surface area contributed by atoms with Gasteiger partial charge in [0.1, 0.15) is 5.82 Å². The second-order valence-electron chi connectivity index (χ2n) is 6.32. The van der Waals surface area contributed by atoms with Crippen molar-refractivity contribution in [2.24, 2.45) is 7.05 Å². The van der Waals surface area contributed by atoms with E-state index in [-0.39, 0.29) is 0 Å². The van der Waals surface area contributed by atoms with E-state index >= 15 is 0 Å². The minimum absolute atomic E-state index is 0.550. The predicted octanol–water partition coefficient (Wildman–Crippen LogP) is 4.47. The van der Waals surface area contributed by atoms with Gasteiger partial charge in [-0.15, -0.1) is 0 Å². The molecule has 26 heavy (non-hydrogen) atoms. The third-order valence-electron chi connectivity index (χ3n) is 4.37. The second-order valence-corrected chi connectivity index (χ2v) is 6.32. The van der Waals surface area contributed by atoms with Gasteiger partial charge < -0.3 is 10.6 Å². The number of hydrogen-bond donors (Lipinski definition) is 2. The molecule has 130 valence electrons. The summed E-state index contributed by atoms with van der Waals surface area (Å²) in [5.74, 6) is 1.27. The van der Waals surface area contributed by atoms with Crippen molar-refractivity contribution in [3.63, 3.8) is 0 Å². The molecule has 4 aromatic rings. The Labute approximate surface area is 151 Å². The number of rotatable bonds is 4. The Morgan fingerprint density at radius 3 is 2.46 bits per heavy atom. The molecule has 0 aliphatic rings. The maximum absolute atomic E-state index is 4.53. The Morgan fingerprint density at radius 1 is 0.885 bits per heavy atom. The third-order valence-corrected chi connectivity index (χ3v) is 4.37. The Morgan fingerprint density at radius 2 is 1.65 bits per heavy atom. The molecule has 2 aromatic carbocycles. The first-order valence-corrected chi connectivity index (χ1v) is 8.45. The molecule has 0 unspecified atom stereocenters. The number of hydrogen-bond acceptors (Lipinski definition) is 5. The number of nitrogens with zero attached hydrogens (tertiary/aromatic N) is 4. The number of nitrogens with one attached hydrogen (secondary N) is 2. The summed E-state index contributed by atoms with van der Waals surface area (Å²) < 4.78 is 1.89. The lowest BCUT2D eigenvalue weighted by Gasteiger charge is -2.08. The lowest BCUT2D eigenvalue weighted by molar-refractivity contribution is 0.751. The fourth-order valence-corrected chi connectivity index (χ4v) is 2.81. The van der Waals surface area contributed by atoms with Gasteiger partial charge in [0, 0.05) is 35.7 Å². The average molecular weight is 344 g/mol. The molecular formula is C20H20N6. The van der Waals surface area contributed by atoms with Crippen molar-refractivity contribution in [1.29, 1.82) is 0 Å². The number of aromatic nitrogens is 4. The minimum Gasteiger partial charge on any atom is -0.340 e. The average Bonchev–Trinajstić information content (AvgIpc) is 2.91. The van der Waals surface area contributed by atoms with Crippen LogP contribution in [0.3, 0.4) is 0 Å². The van der Waals surface area contributed by atoms with Crippen molar-refractivity contribution in [2.75, 3.05) is 10.6 Å². The van der Waals surface area contributed by atoms with Gasteiger partial charge >= 0.3 is 0 Å². The summed E-state index contributed by atoms with van der Waals surface area (Å²) in [6.07, 6.45) is 1.73. The maximum Gasteiger partial charge on any atom is 0.229 e. The SMILES string of the molecule is Cc1ccc(Nc2nccc(Nc3ccc4c(C)n(C)nc4c3)n2)cc1. The summed E-state index contributed by atoms with van der Waals surface area (Å²) in [6.45, 7) is 4.13. The van der Waals surface area contributed by atoms with E-state index in [1.807, 2.05) is 42.1 Å². The summed E-state index contributed by atoms with van der Waals surface area (Å²) in [5, 5.41) is 12.2. The molecule has 0 fully saturated rings. The smallest absolute Gasteiger partial charge is 0.229 e. The van der Waals surface area contributed by atoms with Gasteiger partial charge in [0.2, 0.25) is 5.95 Å². The Balaban J connectivity index is 1.56. The Kier molecular flexibility index (Phi) is 4.01. The van der Waals surface area contributed by atoms with Crippen LogP contribution in [0.15, 0.2) is 54.7 Å². The fraction of sp³-hybridized carbons (Fsp3) is 0.150. The third kappa shape index (κ3) is 3.21. The molecule has 6 heteroatoms. The molecule has 2 aromatic heterocycles. The van der Waals surface area contributed by atoms with Crippen LogP contribution >= 0.6 is 0 Å². The molecule has 0 aliphatic heterocycles. The lowest BCUT2D eigenvalue weighted by Crippen LogP contribution is -2.00. The van der Waals surface area contributed by atoms with Gasteiger partial charge in [0.05, 0.1) is 5.52 Å². The number of fused-ring (bicyclic) bond motifs is 1. The van der Waals surface area contributed by atoms with Gasteiger partial charge in [0.15, 0.2) is 0 Å². The first-order valence-electron chi connectivity index (χ1n) is 8.45. The molecule has 0 saturated carbocycles. The summed E-state index contributed by atoms with van der Waals surface area (Å²) in [4.78, 5) is 8.82. The van der Waals surface area contributed by atoms with Crippen LogP contribution in [0.5, 0.6) is 0 Å². The van der Waals surface area contributed by atoms with Gasteiger partial charge in [-0.05, 0) is 50.2 Å². The van der Waals surface area contributed by atoms with Crippen LogP contribution in [0.2, 0.25) is 0 Å². The van der Waals surface area contributed by atoms with E-state index in [1.54, 1.807) is 6.20 Å². The van der Waals surface area contributed by atoms with Crippen molar-refractivity contribution in [3.05, 3.63) is 66.0 Å². The van der Waals surface area contributed by atoms with Crippen LogP contribution in [-0.4, -0.2) is 19.7 Å². The first kappa shape index (κ1) is 16.1. The van der Waals surface area contributed by atoms with E-state index in [4.69, 9.17) is 0 Å². The quantitative estimate of drug-likeness (QED) is 0.572. The highest BCUT2D eigenvalue weighted by atomic mass is 15.3. The molecule has 6 nitrogen and oxygen atoms in total. The Bertz CT molecular complexity index is 1070. The molecule has 0 saturated heterocycles. The molecule has 0 aliphatic carbocycles. The molecule has 0 atom stereocenters. The molecule has 0 amide bonds. The van der Waals surface area contributed by atoms with Crippen LogP contribution in [0.1, 0.15) is 11.3 Å². The van der Waals surface area contributed by atoms with E-state index in [1.165, 1.54) is 5.56 Å². The van der Waals surface area contributed by atoms with Crippen LogP contribution < -0.4 is 10.6 Å². The van der Waals surface area contributed by atoms with Crippen molar-refractivity contribution in [3.8, 4) is 0 Å². The van der Waals surface area contributed by atoms with Crippen LogP contribution in [0.25, 0.3) is 10.9 Å². The highest BCUT2D eigenvalue weighted by molar-refractivity contribution is 5.85. The topological polar surface area (TPSA) is 67.7 Å². The van der Waals surface area contributed by atoms with Crippen molar-refractivity contribution in [1.82, 2.24) is 19.7 Å². The maximum atomic E-state index is 4.53. The van der Waals surface area contributed by atoms with E-state index < -0.39 is 0 Å². The fourth-order valence-electron chi connectivity index (χ4n) is 2.81. The zero-order valence-corrected chi connectivity index (χ0v) is 15.0. The predicted molar refractivity (Wildman–Crippen MR) is 105 cm³/mol. The number of benzene rings is 2. The second kappa shape index (κ2) is 6.48. The van der Waals surface area contributed by atoms with Crippen LogP contribution in [-0.2, 0) is 7.05 Å². The van der Waals surface area contributed by atoms with E-state index in [9.17, 15) is 0 Å². The summed E-state index contributed by atoms with van der Waals surface area (Å²) in [6, 6.07) is 16.1. The van der Waals surface area contributed by atoms with Gasteiger partial charge in [0.25, 0.3) is 0 Å². The zero-order chi connectivity index (χ0) is 18.1. The molecule has 0 radical (unpaired) electrons. The summed E-state index contributed by atoms with van der Waals surface area (Å²) >= 11 is 0. The Hall–Kier alpha value is -3.41. The highest BCUT2D eigenvalue weighted by Crippen LogP contribution is 2.23. The van der Waals surface area contributed by atoms with E-state index in [0.717, 1.165) is 33.8 Å². The number of aryl methyl sites for hydroxylation is 3. The molecule has 2 N–H and O–H groups in total. The minimum atomic E-state index is 0.550. The molecule has 0 spiro atoms. The normalized spacial score (nSPS) is 10.9. The highest BCUT2D eigenvalue weighted by Gasteiger charge is 2.06. The summed E-state index contributed by atoms with van der Waals surface area (Å²) in [7, 11) is 1.95. The van der Waals surface area contributed by atoms with Gasteiger partial charge in [-0.1, -0.05) is 17.7 Å². The van der Waals surface area contributed by atoms with Crippen molar-refractivity contribution < 1.29 is 0 Å². The first-order chi connectivity index (χ1) is 12.6. The largest absolute Gasteiger partial charge is 0.340 e. The van der Waals surface area contributed by atoms with Crippen molar-refractivity contribution >= 4 is 34.0 Å². The lowest BCUT2D eigenvalue weighted by atomic mass is 10.2. The van der Waals surface area contributed by atoms with Crippen LogP contribution in [0.4, 0.5) is 23.1 Å². The van der Waals surface area contributed by atoms with Gasteiger partial charge in [-0.2, -0.15) is 10.1 Å². The van der Waals surface area contributed by atoms with Gasteiger partial charge in [-0.3, -0.25) is 4.68 Å².